The van der Waals surface area contributed by atoms with Crippen molar-refractivity contribution in [2.24, 2.45) is 5.73 Å². The number of primary amides is 1. The highest BCUT2D eigenvalue weighted by molar-refractivity contribution is 5.94. The van der Waals surface area contributed by atoms with Crippen LogP contribution in [0.5, 0.6) is 0 Å². The number of nitrogens with zero attached hydrogens (tertiary/aromatic N) is 2. The minimum absolute atomic E-state index is 0.241. The fourth-order valence-corrected chi connectivity index (χ4v) is 2.87. The first-order valence-corrected chi connectivity index (χ1v) is 8.26. The normalized spacial score (nSPS) is 10.8. The molecule has 0 atom stereocenters. The van der Waals surface area contributed by atoms with E-state index < -0.39 is 5.91 Å². The van der Waals surface area contributed by atoms with Crippen LogP contribution in [-0.4, -0.2) is 25.8 Å². The van der Waals surface area contributed by atoms with Crippen LogP contribution in [0, 0.1) is 0 Å². The van der Waals surface area contributed by atoms with E-state index >= 15 is 0 Å². The minimum Gasteiger partial charge on any atom is -0.366 e. The fourth-order valence-electron chi connectivity index (χ4n) is 2.87. The van der Waals surface area contributed by atoms with Gasteiger partial charge in [-0.1, -0.05) is 24.3 Å². The van der Waals surface area contributed by atoms with Gasteiger partial charge in [-0.05, 0) is 29.3 Å². The first-order chi connectivity index (χ1) is 13.1. The van der Waals surface area contributed by atoms with Crippen molar-refractivity contribution in [3.05, 3.63) is 76.5 Å². The summed E-state index contributed by atoms with van der Waals surface area (Å²) in [5.74, 6) is -0.0315. The number of nitrogens with one attached hydrogen (secondary N) is 3. The molecule has 2 aromatic heterocycles. The minimum atomic E-state index is -0.471. The van der Waals surface area contributed by atoms with E-state index in [1.807, 2.05) is 30.3 Å². The van der Waals surface area contributed by atoms with Crippen molar-refractivity contribution in [2.45, 2.75) is 6.54 Å². The molecule has 0 aliphatic heterocycles. The predicted octanol–water partition coefficient (Wildman–Crippen LogP) is 2.02. The van der Waals surface area contributed by atoms with Gasteiger partial charge in [-0.25, -0.2) is 14.8 Å². The van der Waals surface area contributed by atoms with Gasteiger partial charge in [-0.2, -0.15) is 0 Å². The van der Waals surface area contributed by atoms with Gasteiger partial charge < -0.3 is 21.0 Å². The number of carbonyl (C=O) groups is 1. The van der Waals surface area contributed by atoms with Gasteiger partial charge in [-0.3, -0.25) is 4.79 Å². The topological polar surface area (TPSA) is 130 Å². The SMILES string of the molecule is NC(=O)c1ccccc1CNc1ncc(-c2ccc3[nH]c(=O)[nH]c3c2)cn1. The van der Waals surface area contributed by atoms with Gasteiger partial charge in [0, 0.05) is 30.1 Å². The Morgan fingerprint density at radius 2 is 1.74 bits per heavy atom. The first-order valence-electron chi connectivity index (χ1n) is 8.26. The molecule has 134 valence electrons. The fraction of sp³-hybridized carbons (Fsp3) is 0.0526. The van der Waals surface area contributed by atoms with E-state index in [1.165, 1.54) is 0 Å². The Morgan fingerprint density at radius 3 is 2.52 bits per heavy atom. The van der Waals surface area contributed by atoms with Crippen LogP contribution in [0.25, 0.3) is 22.2 Å². The summed E-state index contributed by atoms with van der Waals surface area (Å²) in [6, 6.07) is 12.7. The largest absolute Gasteiger partial charge is 0.366 e. The average molecular weight is 360 g/mol. The molecule has 0 fully saturated rings. The van der Waals surface area contributed by atoms with E-state index in [1.54, 1.807) is 24.5 Å². The number of aromatic amines is 2. The molecular weight excluding hydrogens is 344 g/mol. The molecule has 1 amide bonds. The maximum absolute atomic E-state index is 11.5. The highest BCUT2D eigenvalue weighted by atomic mass is 16.1. The molecule has 4 rings (SSSR count). The first kappa shape index (κ1) is 16.5. The molecule has 0 saturated heterocycles. The third-order valence-corrected chi connectivity index (χ3v) is 4.22. The highest BCUT2D eigenvalue weighted by Gasteiger charge is 2.08. The Balaban J connectivity index is 1.52. The maximum atomic E-state index is 11.5. The molecule has 0 saturated carbocycles. The molecule has 2 aromatic carbocycles. The number of benzene rings is 2. The number of nitrogens with two attached hydrogens (primary N) is 1. The molecule has 0 unspecified atom stereocenters. The van der Waals surface area contributed by atoms with Crippen LogP contribution in [0.1, 0.15) is 15.9 Å². The summed E-state index contributed by atoms with van der Waals surface area (Å²) in [6.45, 7) is 0.384. The lowest BCUT2D eigenvalue weighted by molar-refractivity contribution is 0.0999. The molecule has 0 aliphatic rings. The van der Waals surface area contributed by atoms with Gasteiger partial charge in [0.1, 0.15) is 0 Å². The number of amides is 1. The molecule has 8 nitrogen and oxygen atoms in total. The lowest BCUT2D eigenvalue weighted by atomic mass is 10.1. The number of H-pyrrole nitrogens is 2. The molecule has 27 heavy (non-hydrogen) atoms. The molecular formula is C19H16N6O2. The number of rotatable bonds is 5. The third-order valence-electron chi connectivity index (χ3n) is 4.22. The summed E-state index contributed by atoms with van der Waals surface area (Å²) in [5, 5.41) is 3.09. The van der Waals surface area contributed by atoms with Crippen molar-refractivity contribution in [3.8, 4) is 11.1 Å². The van der Waals surface area contributed by atoms with E-state index in [2.05, 4.69) is 25.3 Å². The second-order valence-corrected chi connectivity index (χ2v) is 6.01. The van der Waals surface area contributed by atoms with Gasteiger partial charge in [0.15, 0.2) is 0 Å². The Bertz CT molecular complexity index is 1180. The molecule has 0 radical (unpaired) electrons. The zero-order valence-electron chi connectivity index (χ0n) is 14.2. The summed E-state index contributed by atoms with van der Waals surface area (Å²) in [4.78, 5) is 36.9. The van der Waals surface area contributed by atoms with E-state index in [0.29, 0.717) is 18.1 Å². The molecule has 5 N–H and O–H groups in total. The average Bonchev–Trinajstić information content (AvgIpc) is 3.06. The predicted molar refractivity (Wildman–Crippen MR) is 102 cm³/mol. The highest BCUT2D eigenvalue weighted by Crippen LogP contribution is 2.21. The number of aromatic nitrogens is 4. The lowest BCUT2D eigenvalue weighted by Crippen LogP contribution is -2.15. The van der Waals surface area contributed by atoms with E-state index in [0.717, 1.165) is 27.7 Å². The molecule has 0 aliphatic carbocycles. The number of hydrogen-bond acceptors (Lipinski definition) is 5. The second-order valence-electron chi connectivity index (χ2n) is 6.01. The van der Waals surface area contributed by atoms with E-state index in [-0.39, 0.29) is 5.69 Å². The number of carbonyl (C=O) groups excluding carboxylic acids is 1. The summed E-state index contributed by atoms with van der Waals surface area (Å²) >= 11 is 0. The van der Waals surface area contributed by atoms with Crippen LogP contribution in [0.2, 0.25) is 0 Å². The van der Waals surface area contributed by atoms with Gasteiger partial charge >= 0.3 is 5.69 Å². The summed E-state index contributed by atoms with van der Waals surface area (Å²) in [6.07, 6.45) is 3.39. The van der Waals surface area contributed by atoms with Crippen molar-refractivity contribution >= 4 is 22.9 Å². The molecule has 2 heterocycles. The number of fused-ring (bicyclic) bond motifs is 1. The number of anilines is 1. The Labute approximate surface area is 153 Å². The van der Waals surface area contributed by atoms with Crippen molar-refractivity contribution in [2.75, 3.05) is 5.32 Å². The van der Waals surface area contributed by atoms with Gasteiger partial charge in [0.25, 0.3) is 0 Å². The van der Waals surface area contributed by atoms with Crippen molar-refractivity contribution in [3.63, 3.8) is 0 Å². The summed E-state index contributed by atoms with van der Waals surface area (Å²) in [5.41, 5.74) is 9.57. The molecule has 0 bridgehead atoms. The monoisotopic (exact) mass is 360 g/mol. The van der Waals surface area contributed by atoms with Crippen molar-refractivity contribution in [1.29, 1.82) is 0 Å². The molecule has 4 aromatic rings. The number of imidazole rings is 1. The Hall–Kier alpha value is -3.94. The van der Waals surface area contributed by atoms with Crippen LogP contribution in [-0.2, 0) is 6.54 Å². The van der Waals surface area contributed by atoms with Crippen LogP contribution in [0.4, 0.5) is 5.95 Å². The quantitative estimate of drug-likeness (QED) is 0.433. The Kier molecular flexibility index (Phi) is 4.13. The third kappa shape index (κ3) is 3.40. The lowest BCUT2D eigenvalue weighted by Gasteiger charge is -2.08. The van der Waals surface area contributed by atoms with Gasteiger partial charge in [0.05, 0.1) is 11.0 Å². The molecule has 8 heteroatoms. The summed E-state index contributed by atoms with van der Waals surface area (Å²) in [7, 11) is 0. The molecule has 0 spiro atoms. The standard InChI is InChI=1S/C19H16N6O2/c20-17(26)14-4-2-1-3-12(14)8-21-18-22-9-13(10-23-18)11-5-6-15-16(7-11)25-19(27)24-15/h1-7,9-10H,8H2,(H2,20,26)(H,21,22,23)(H2,24,25,27). The van der Waals surface area contributed by atoms with Crippen LogP contribution in [0.15, 0.2) is 59.7 Å². The van der Waals surface area contributed by atoms with Gasteiger partial charge in [0.2, 0.25) is 11.9 Å². The van der Waals surface area contributed by atoms with Crippen molar-refractivity contribution < 1.29 is 4.79 Å². The zero-order valence-corrected chi connectivity index (χ0v) is 14.2. The van der Waals surface area contributed by atoms with Gasteiger partial charge in [-0.15, -0.1) is 0 Å². The van der Waals surface area contributed by atoms with Crippen LogP contribution < -0.4 is 16.7 Å². The Morgan fingerprint density at radius 1 is 1.00 bits per heavy atom. The van der Waals surface area contributed by atoms with E-state index in [4.69, 9.17) is 5.73 Å². The van der Waals surface area contributed by atoms with Crippen molar-refractivity contribution in [1.82, 2.24) is 19.9 Å². The maximum Gasteiger partial charge on any atom is 0.323 e. The number of hydrogen-bond donors (Lipinski definition) is 4. The van der Waals surface area contributed by atoms with Crippen LogP contribution >= 0.6 is 0 Å². The summed E-state index contributed by atoms with van der Waals surface area (Å²) < 4.78 is 0. The second kappa shape index (κ2) is 6.75. The smallest absolute Gasteiger partial charge is 0.323 e. The van der Waals surface area contributed by atoms with Crippen LogP contribution in [0.3, 0.4) is 0 Å². The van der Waals surface area contributed by atoms with E-state index in [9.17, 15) is 9.59 Å². The zero-order chi connectivity index (χ0) is 18.8.